The van der Waals surface area contributed by atoms with Gasteiger partial charge in [0.1, 0.15) is 5.01 Å². The second-order valence-corrected chi connectivity index (χ2v) is 11.3. The minimum atomic E-state index is -0.119. The predicted molar refractivity (Wildman–Crippen MR) is 145 cm³/mol. The van der Waals surface area contributed by atoms with Gasteiger partial charge in [0.2, 0.25) is 0 Å². The fourth-order valence-corrected chi connectivity index (χ4v) is 6.60. The molecule has 2 aliphatic rings. The number of rotatable bonds is 10. The zero-order valence-electron chi connectivity index (χ0n) is 20.8. The number of nitrogens with one attached hydrogen (secondary N) is 2. The number of hydrogen-bond acceptors (Lipinski definition) is 7. The van der Waals surface area contributed by atoms with Gasteiger partial charge in [-0.2, -0.15) is 0 Å². The summed E-state index contributed by atoms with van der Waals surface area (Å²) in [5.41, 5.74) is 3.08. The molecule has 190 valence electrons. The van der Waals surface area contributed by atoms with Gasteiger partial charge in [-0.15, -0.1) is 11.3 Å². The van der Waals surface area contributed by atoms with E-state index in [2.05, 4.69) is 26.8 Å². The van der Waals surface area contributed by atoms with E-state index in [1.807, 2.05) is 29.3 Å². The molecule has 2 aromatic rings. The van der Waals surface area contributed by atoms with Crippen LogP contribution in [0.5, 0.6) is 0 Å². The maximum Gasteiger partial charge on any atom is 0.254 e. The maximum atomic E-state index is 13.7. The Labute approximate surface area is 217 Å². The Hall–Kier alpha value is -2.10. The Morgan fingerprint density at radius 2 is 1.94 bits per heavy atom. The highest BCUT2D eigenvalue weighted by molar-refractivity contribution is 8.00. The summed E-state index contributed by atoms with van der Waals surface area (Å²) in [5, 5.41) is 9.45. The Balaban J connectivity index is 1.53. The summed E-state index contributed by atoms with van der Waals surface area (Å²) < 4.78 is 2.23. The van der Waals surface area contributed by atoms with Crippen LogP contribution in [0.1, 0.15) is 82.9 Å². The zero-order valence-corrected chi connectivity index (χ0v) is 22.5. The molecule has 0 spiro atoms. The Bertz CT molecular complexity index is 1010. The highest BCUT2D eigenvalue weighted by Gasteiger charge is 2.33. The van der Waals surface area contributed by atoms with Crippen molar-refractivity contribution >= 4 is 40.8 Å². The number of anilines is 1. The lowest BCUT2D eigenvalue weighted by Crippen LogP contribution is -2.32. The number of aromatic nitrogens is 1. The number of benzene rings is 1. The van der Waals surface area contributed by atoms with E-state index < -0.39 is 0 Å². The van der Waals surface area contributed by atoms with Gasteiger partial charge in [0.25, 0.3) is 11.8 Å². The van der Waals surface area contributed by atoms with E-state index in [9.17, 15) is 9.59 Å². The fourth-order valence-electron chi connectivity index (χ4n) is 4.59. The van der Waals surface area contributed by atoms with Gasteiger partial charge in [-0.05, 0) is 88.7 Å². The van der Waals surface area contributed by atoms with E-state index in [0.717, 1.165) is 80.4 Å². The summed E-state index contributed by atoms with van der Waals surface area (Å²) in [7, 11) is 0. The van der Waals surface area contributed by atoms with Crippen LogP contribution in [0.3, 0.4) is 0 Å². The molecule has 35 heavy (non-hydrogen) atoms. The van der Waals surface area contributed by atoms with Crippen molar-refractivity contribution in [1.29, 1.82) is 0 Å². The summed E-state index contributed by atoms with van der Waals surface area (Å²) in [6.45, 7) is 8.27. The van der Waals surface area contributed by atoms with E-state index in [-0.39, 0.29) is 17.9 Å². The number of hydrogen-bond donors (Lipinski definition) is 2. The topological polar surface area (TPSA) is 77.6 Å². The Morgan fingerprint density at radius 1 is 1.09 bits per heavy atom. The van der Waals surface area contributed by atoms with Crippen LogP contribution < -0.4 is 14.9 Å². The Morgan fingerprint density at radius 3 is 2.69 bits per heavy atom. The van der Waals surface area contributed by atoms with Crippen molar-refractivity contribution in [3.8, 4) is 0 Å². The van der Waals surface area contributed by atoms with Crippen molar-refractivity contribution in [3.05, 3.63) is 45.4 Å². The van der Waals surface area contributed by atoms with E-state index in [1.165, 1.54) is 6.42 Å². The average molecular weight is 516 g/mol. The summed E-state index contributed by atoms with van der Waals surface area (Å²) >= 11 is 3.41. The van der Waals surface area contributed by atoms with Crippen molar-refractivity contribution in [1.82, 2.24) is 20.5 Å². The van der Waals surface area contributed by atoms with Crippen LogP contribution in [0.25, 0.3) is 0 Å². The van der Waals surface area contributed by atoms with Crippen molar-refractivity contribution in [2.75, 3.05) is 42.8 Å². The molecule has 0 radical (unpaired) electrons. The van der Waals surface area contributed by atoms with Gasteiger partial charge in [0, 0.05) is 53.3 Å². The first-order valence-electron chi connectivity index (χ1n) is 12.8. The second kappa shape index (κ2) is 12.7. The highest BCUT2D eigenvalue weighted by Crippen LogP contribution is 2.36. The predicted octanol–water partition coefficient (Wildman–Crippen LogP) is 4.80. The molecule has 4 rings (SSSR count). The molecule has 0 aliphatic carbocycles. The molecule has 9 heteroatoms. The van der Waals surface area contributed by atoms with Crippen LogP contribution >= 0.6 is 23.3 Å². The molecule has 1 atom stereocenters. The molecule has 1 aromatic carbocycles. The molecule has 1 aromatic heterocycles. The van der Waals surface area contributed by atoms with E-state index in [4.69, 9.17) is 0 Å². The molecule has 2 fully saturated rings. The number of amides is 2. The first kappa shape index (κ1) is 26.0. The van der Waals surface area contributed by atoms with Crippen LogP contribution in [-0.2, 0) is 0 Å². The SMILES string of the molecule is CCCNCCCNC(=O)c1cc(C(=O)N2CCCC2c2nc(C)cs2)cc(N2CCCCS2)c1. The van der Waals surface area contributed by atoms with Crippen molar-refractivity contribution in [3.63, 3.8) is 0 Å². The van der Waals surface area contributed by atoms with Gasteiger partial charge >= 0.3 is 0 Å². The molecule has 2 N–H and O–H groups in total. The van der Waals surface area contributed by atoms with Gasteiger partial charge in [0.15, 0.2) is 0 Å². The summed E-state index contributed by atoms with van der Waals surface area (Å²) in [6, 6.07) is 5.69. The number of aryl methyl sites for hydroxylation is 1. The van der Waals surface area contributed by atoms with Crippen LogP contribution in [-0.4, -0.2) is 60.2 Å². The molecule has 3 heterocycles. The Kier molecular flexibility index (Phi) is 9.45. The molecule has 0 bridgehead atoms. The number of likely N-dealkylation sites (tertiary alicyclic amines) is 1. The van der Waals surface area contributed by atoms with Gasteiger partial charge in [-0.3, -0.25) is 9.59 Å². The minimum absolute atomic E-state index is 0.0120. The molecule has 7 nitrogen and oxygen atoms in total. The van der Waals surface area contributed by atoms with Crippen molar-refractivity contribution in [2.45, 2.75) is 58.4 Å². The van der Waals surface area contributed by atoms with E-state index >= 15 is 0 Å². The first-order chi connectivity index (χ1) is 17.1. The van der Waals surface area contributed by atoms with Gasteiger partial charge in [-0.1, -0.05) is 6.92 Å². The zero-order chi connectivity index (χ0) is 24.6. The molecular formula is C26H37N5O2S2. The summed E-state index contributed by atoms with van der Waals surface area (Å²) in [6.07, 6.45) is 6.19. The molecule has 1 unspecified atom stereocenters. The third-order valence-electron chi connectivity index (χ3n) is 6.40. The highest BCUT2D eigenvalue weighted by atomic mass is 32.2. The van der Waals surface area contributed by atoms with Crippen molar-refractivity contribution in [2.24, 2.45) is 0 Å². The number of nitrogens with zero attached hydrogens (tertiary/aromatic N) is 3. The average Bonchev–Trinajstić information content (AvgIpc) is 3.55. The number of carbonyl (C=O) groups is 2. The lowest BCUT2D eigenvalue weighted by Gasteiger charge is -2.29. The van der Waals surface area contributed by atoms with Crippen LogP contribution in [0.4, 0.5) is 5.69 Å². The third-order valence-corrected chi connectivity index (χ3v) is 8.64. The number of thiazole rings is 1. The van der Waals surface area contributed by atoms with E-state index in [0.29, 0.717) is 17.7 Å². The van der Waals surface area contributed by atoms with E-state index in [1.54, 1.807) is 29.4 Å². The molecule has 2 saturated heterocycles. The molecule has 2 aliphatic heterocycles. The summed E-state index contributed by atoms with van der Waals surface area (Å²) in [5.74, 6) is 0.927. The van der Waals surface area contributed by atoms with Crippen LogP contribution in [0.15, 0.2) is 23.6 Å². The van der Waals surface area contributed by atoms with Crippen molar-refractivity contribution < 1.29 is 9.59 Å². The molecule has 2 amide bonds. The van der Waals surface area contributed by atoms with Gasteiger partial charge < -0.3 is 19.8 Å². The van der Waals surface area contributed by atoms with Gasteiger partial charge in [-0.25, -0.2) is 4.98 Å². The monoisotopic (exact) mass is 515 g/mol. The lowest BCUT2D eigenvalue weighted by molar-refractivity contribution is 0.0735. The molecule has 0 saturated carbocycles. The maximum absolute atomic E-state index is 13.7. The molecular weight excluding hydrogens is 478 g/mol. The fraction of sp³-hybridized carbons (Fsp3) is 0.577. The normalized spacial score (nSPS) is 18.2. The number of carbonyl (C=O) groups excluding carboxylic acids is 2. The third kappa shape index (κ3) is 6.77. The minimum Gasteiger partial charge on any atom is -0.352 e. The summed E-state index contributed by atoms with van der Waals surface area (Å²) in [4.78, 5) is 33.4. The van der Waals surface area contributed by atoms with Gasteiger partial charge in [0.05, 0.1) is 6.04 Å². The second-order valence-electron chi connectivity index (χ2n) is 9.25. The van der Waals surface area contributed by atoms with Crippen LogP contribution in [0, 0.1) is 6.92 Å². The first-order valence-corrected chi connectivity index (χ1v) is 14.7. The largest absolute Gasteiger partial charge is 0.352 e. The standard InChI is InChI=1S/C26H37N5O2S2/c1-3-9-27-10-7-11-28-24(32)20-15-21(17-22(16-20)31-13-4-5-14-35-31)26(33)30-12-6-8-23(30)25-29-19(2)18-34-25/h15-18,23,27H,3-14H2,1-2H3,(H,28,32). The lowest BCUT2D eigenvalue weighted by atomic mass is 10.1. The smallest absolute Gasteiger partial charge is 0.254 e. The van der Waals surface area contributed by atoms with Crippen LogP contribution in [0.2, 0.25) is 0 Å². The quantitative estimate of drug-likeness (QED) is 0.350.